The van der Waals surface area contributed by atoms with Crippen LogP contribution in [0.1, 0.15) is 78.1 Å². The van der Waals surface area contributed by atoms with Gasteiger partial charge in [0, 0.05) is 18.3 Å². The largest absolute Gasteiger partial charge is 0.347 e. The van der Waals surface area contributed by atoms with E-state index in [0.29, 0.717) is 5.78 Å². The Balaban J connectivity index is 1.56. The lowest BCUT2D eigenvalue weighted by Gasteiger charge is -2.55. The van der Waals surface area contributed by atoms with E-state index in [4.69, 9.17) is 9.47 Å². The molecule has 3 heteroatoms. The summed E-state index contributed by atoms with van der Waals surface area (Å²) < 4.78 is 12.6. The van der Waals surface area contributed by atoms with Crippen molar-refractivity contribution < 1.29 is 14.3 Å². The second-order valence-electron chi connectivity index (χ2n) is 8.90. The summed E-state index contributed by atoms with van der Waals surface area (Å²) >= 11 is 0. The molecule has 0 aromatic rings. The number of rotatable bonds is 4. The minimum absolute atomic E-state index is 0.257. The zero-order valence-corrected chi connectivity index (χ0v) is 15.5. The van der Waals surface area contributed by atoms with Crippen molar-refractivity contribution in [2.24, 2.45) is 29.1 Å². The van der Waals surface area contributed by atoms with Crippen LogP contribution in [0.4, 0.5) is 0 Å². The van der Waals surface area contributed by atoms with Gasteiger partial charge < -0.3 is 14.3 Å². The van der Waals surface area contributed by atoms with E-state index in [1.807, 2.05) is 0 Å². The molecular weight excluding hydrogens is 300 g/mol. The van der Waals surface area contributed by atoms with Crippen molar-refractivity contribution in [2.75, 3.05) is 13.2 Å². The van der Waals surface area contributed by atoms with Gasteiger partial charge in [-0.1, -0.05) is 19.8 Å². The summed E-state index contributed by atoms with van der Waals surface area (Å²) in [5.74, 6) is 3.35. The molecule has 0 aromatic heterocycles. The zero-order chi connectivity index (χ0) is 16.8. The summed E-state index contributed by atoms with van der Waals surface area (Å²) in [5, 5.41) is 0. The first kappa shape index (κ1) is 17.0. The second-order valence-corrected chi connectivity index (χ2v) is 8.90. The quantitative estimate of drug-likeness (QED) is 0.745. The van der Waals surface area contributed by atoms with E-state index in [1.165, 1.54) is 44.9 Å². The second kappa shape index (κ2) is 6.39. The maximum Gasteiger partial charge on any atom is 0.174 e. The Morgan fingerprint density at radius 1 is 1.04 bits per heavy atom. The van der Waals surface area contributed by atoms with Crippen LogP contribution in [-0.4, -0.2) is 24.8 Å². The maximum absolute atomic E-state index is 11.5. The highest BCUT2D eigenvalue weighted by Crippen LogP contribution is 2.67. The van der Waals surface area contributed by atoms with Gasteiger partial charge in [0.05, 0.1) is 13.2 Å². The van der Waals surface area contributed by atoms with Crippen molar-refractivity contribution >= 4 is 5.78 Å². The lowest BCUT2D eigenvalue weighted by Crippen LogP contribution is -2.54. The fraction of sp³-hybridized carbons (Fsp3) is 0.952. The number of hydrogen-bond acceptors (Lipinski definition) is 3. The van der Waals surface area contributed by atoms with E-state index >= 15 is 0 Å². The monoisotopic (exact) mass is 334 g/mol. The van der Waals surface area contributed by atoms with Gasteiger partial charge in [-0.3, -0.25) is 0 Å². The Kier molecular flexibility index (Phi) is 4.53. The third-order valence-electron chi connectivity index (χ3n) is 8.21. The molecule has 0 amide bonds. The van der Waals surface area contributed by atoms with Crippen LogP contribution in [0.15, 0.2) is 0 Å². The SMILES string of the molecule is CCC12CCC3C(CCC(C)=O)CCCC3C1CCC21OCCO1. The summed E-state index contributed by atoms with van der Waals surface area (Å²) in [4.78, 5) is 11.5. The molecule has 136 valence electrons. The van der Waals surface area contributed by atoms with Gasteiger partial charge in [-0.15, -0.1) is 0 Å². The molecule has 3 aliphatic carbocycles. The average Bonchev–Trinajstić information content (AvgIpc) is 3.20. The molecule has 5 atom stereocenters. The Morgan fingerprint density at radius 3 is 2.54 bits per heavy atom. The van der Waals surface area contributed by atoms with E-state index in [0.717, 1.165) is 56.1 Å². The van der Waals surface area contributed by atoms with Gasteiger partial charge in [0.25, 0.3) is 0 Å². The normalized spacial score (nSPS) is 43.6. The first-order valence-corrected chi connectivity index (χ1v) is 10.4. The van der Waals surface area contributed by atoms with Crippen molar-refractivity contribution in [3.05, 3.63) is 0 Å². The van der Waals surface area contributed by atoms with E-state index in [2.05, 4.69) is 6.92 Å². The number of Topliss-reactive ketones (excluding diaryl/α,β-unsaturated/α-hetero) is 1. The molecule has 3 saturated carbocycles. The minimum Gasteiger partial charge on any atom is -0.347 e. The van der Waals surface area contributed by atoms with Crippen LogP contribution in [0, 0.1) is 29.1 Å². The highest BCUT2D eigenvalue weighted by Gasteiger charge is 2.66. The molecule has 0 bridgehead atoms. The first-order chi connectivity index (χ1) is 11.6. The Bertz CT molecular complexity index is 481. The first-order valence-electron chi connectivity index (χ1n) is 10.4. The minimum atomic E-state index is -0.260. The summed E-state index contributed by atoms with van der Waals surface area (Å²) in [5.41, 5.74) is 0.257. The van der Waals surface area contributed by atoms with Gasteiger partial charge in [0.15, 0.2) is 5.79 Å². The van der Waals surface area contributed by atoms with Crippen molar-refractivity contribution in [2.45, 2.75) is 83.8 Å². The molecule has 4 aliphatic rings. The highest BCUT2D eigenvalue weighted by atomic mass is 16.7. The molecule has 24 heavy (non-hydrogen) atoms. The van der Waals surface area contributed by atoms with Crippen LogP contribution >= 0.6 is 0 Å². The van der Waals surface area contributed by atoms with Gasteiger partial charge in [-0.05, 0) is 69.1 Å². The van der Waals surface area contributed by atoms with Crippen molar-refractivity contribution in [3.8, 4) is 0 Å². The highest BCUT2D eigenvalue weighted by molar-refractivity contribution is 5.75. The molecule has 0 N–H and O–H groups in total. The molecule has 0 radical (unpaired) electrons. The van der Waals surface area contributed by atoms with Gasteiger partial charge >= 0.3 is 0 Å². The van der Waals surface area contributed by atoms with Crippen LogP contribution in [0.5, 0.6) is 0 Å². The molecule has 1 heterocycles. The molecule has 5 unspecified atom stereocenters. The molecular formula is C21H34O3. The summed E-state index contributed by atoms with van der Waals surface area (Å²) in [6.07, 6.45) is 12.2. The molecule has 1 saturated heterocycles. The zero-order valence-electron chi connectivity index (χ0n) is 15.5. The average molecular weight is 335 g/mol. The summed E-state index contributed by atoms with van der Waals surface area (Å²) in [6, 6.07) is 0. The van der Waals surface area contributed by atoms with Gasteiger partial charge in [-0.2, -0.15) is 0 Å². The van der Waals surface area contributed by atoms with Crippen LogP contribution in [0.3, 0.4) is 0 Å². The molecule has 1 aliphatic heterocycles. The number of fused-ring (bicyclic) bond motifs is 4. The smallest absolute Gasteiger partial charge is 0.174 e. The number of carbonyl (C=O) groups is 1. The Hall–Kier alpha value is -0.410. The maximum atomic E-state index is 11.5. The van der Waals surface area contributed by atoms with Crippen LogP contribution < -0.4 is 0 Å². The molecule has 4 rings (SSSR count). The molecule has 1 spiro atoms. The number of hydrogen-bond donors (Lipinski definition) is 0. The van der Waals surface area contributed by atoms with Crippen LogP contribution in [-0.2, 0) is 14.3 Å². The fourth-order valence-corrected chi connectivity index (χ4v) is 7.26. The predicted octanol–water partition coefficient (Wildman–Crippen LogP) is 4.73. The predicted molar refractivity (Wildman–Crippen MR) is 93.6 cm³/mol. The van der Waals surface area contributed by atoms with Crippen molar-refractivity contribution in [3.63, 3.8) is 0 Å². The summed E-state index contributed by atoms with van der Waals surface area (Å²) in [7, 11) is 0. The standard InChI is InChI=1S/C21H34O3/c1-3-20-11-9-17-16(8-7-15(2)22)5-4-6-18(17)19(20)10-12-21(20)23-13-14-24-21/h16-19H,3-14H2,1-2H3. The molecule has 0 aromatic carbocycles. The van der Waals surface area contributed by atoms with Crippen LogP contribution in [0.2, 0.25) is 0 Å². The molecule has 3 nitrogen and oxygen atoms in total. The Morgan fingerprint density at radius 2 is 1.83 bits per heavy atom. The van der Waals surface area contributed by atoms with Crippen LogP contribution in [0.25, 0.3) is 0 Å². The Labute approximate surface area is 146 Å². The van der Waals surface area contributed by atoms with E-state index < -0.39 is 0 Å². The van der Waals surface area contributed by atoms with Crippen molar-refractivity contribution in [1.29, 1.82) is 0 Å². The third-order valence-corrected chi connectivity index (χ3v) is 8.21. The lowest BCUT2D eigenvalue weighted by atomic mass is 9.52. The number of ketones is 1. The van der Waals surface area contributed by atoms with Gasteiger partial charge in [0.1, 0.15) is 5.78 Å². The third kappa shape index (κ3) is 2.41. The van der Waals surface area contributed by atoms with Crippen molar-refractivity contribution in [1.82, 2.24) is 0 Å². The van der Waals surface area contributed by atoms with Gasteiger partial charge in [-0.25, -0.2) is 0 Å². The molecule has 4 fully saturated rings. The number of ether oxygens (including phenoxy) is 2. The van der Waals surface area contributed by atoms with E-state index in [1.54, 1.807) is 6.92 Å². The number of carbonyl (C=O) groups excluding carboxylic acids is 1. The van der Waals surface area contributed by atoms with E-state index in [-0.39, 0.29) is 11.2 Å². The van der Waals surface area contributed by atoms with E-state index in [9.17, 15) is 4.79 Å². The fourth-order valence-electron chi connectivity index (χ4n) is 7.26. The lowest BCUT2D eigenvalue weighted by molar-refractivity contribution is -0.249. The topological polar surface area (TPSA) is 35.5 Å². The van der Waals surface area contributed by atoms with Gasteiger partial charge in [0.2, 0.25) is 0 Å². The summed E-state index contributed by atoms with van der Waals surface area (Å²) in [6.45, 7) is 5.67.